The molecule has 0 saturated carbocycles. The van der Waals surface area contributed by atoms with Crippen LogP contribution in [0.25, 0.3) is 22.5 Å². The first-order valence-electron chi connectivity index (χ1n) is 11.6. The van der Waals surface area contributed by atoms with Crippen molar-refractivity contribution in [1.29, 1.82) is 0 Å². The monoisotopic (exact) mass is 451 g/mol. The highest BCUT2D eigenvalue weighted by Crippen LogP contribution is 2.30. The number of allylic oxidation sites excluding steroid dienone is 1. The molecule has 35 heavy (non-hydrogen) atoms. The molecule has 3 heteroatoms. The van der Waals surface area contributed by atoms with E-state index in [1.807, 2.05) is 59.3 Å². The summed E-state index contributed by atoms with van der Waals surface area (Å²) in [5, 5.41) is 9.19. The van der Waals surface area contributed by atoms with Crippen LogP contribution in [-0.4, -0.2) is 15.0 Å². The van der Waals surface area contributed by atoms with Crippen LogP contribution in [0.3, 0.4) is 0 Å². The molecular weight excluding hydrogens is 426 g/mol. The SMILES string of the molecule is C=CCc1nnn(C(=C=C(c2ccccc2)c2ccccc2)c2ccccc2)c1-c1ccccc1. The van der Waals surface area contributed by atoms with Crippen LogP contribution in [0, 0.1) is 0 Å². The Morgan fingerprint density at radius 1 is 0.686 bits per heavy atom. The van der Waals surface area contributed by atoms with Crippen LogP contribution >= 0.6 is 0 Å². The molecule has 0 aliphatic rings. The molecule has 5 aromatic rings. The highest BCUT2D eigenvalue weighted by Gasteiger charge is 2.18. The molecule has 168 valence electrons. The fraction of sp³-hybridized carbons (Fsp3) is 0.0312. The summed E-state index contributed by atoms with van der Waals surface area (Å²) in [6.07, 6.45) is 2.49. The lowest BCUT2D eigenvalue weighted by Crippen LogP contribution is -2.04. The van der Waals surface area contributed by atoms with Crippen molar-refractivity contribution in [3.63, 3.8) is 0 Å². The van der Waals surface area contributed by atoms with E-state index in [2.05, 4.69) is 95.4 Å². The molecule has 0 spiro atoms. The van der Waals surface area contributed by atoms with Crippen LogP contribution in [-0.2, 0) is 6.42 Å². The van der Waals surface area contributed by atoms with Gasteiger partial charge in [-0.15, -0.1) is 11.7 Å². The van der Waals surface area contributed by atoms with Crippen molar-refractivity contribution >= 4 is 11.3 Å². The van der Waals surface area contributed by atoms with E-state index < -0.39 is 0 Å². The van der Waals surface area contributed by atoms with Gasteiger partial charge in [-0.2, -0.15) is 0 Å². The van der Waals surface area contributed by atoms with Crippen LogP contribution in [0.5, 0.6) is 0 Å². The van der Waals surface area contributed by atoms with Crippen molar-refractivity contribution in [2.45, 2.75) is 6.42 Å². The summed E-state index contributed by atoms with van der Waals surface area (Å²) in [6.45, 7) is 3.93. The second kappa shape index (κ2) is 10.5. The zero-order chi connectivity index (χ0) is 23.9. The van der Waals surface area contributed by atoms with Crippen LogP contribution in [0.1, 0.15) is 22.4 Å². The average Bonchev–Trinajstić information content (AvgIpc) is 3.35. The van der Waals surface area contributed by atoms with E-state index >= 15 is 0 Å². The Kier molecular flexibility index (Phi) is 6.61. The molecule has 0 aliphatic carbocycles. The predicted octanol–water partition coefficient (Wildman–Crippen LogP) is 7.29. The second-order valence-corrected chi connectivity index (χ2v) is 8.10. The standard InChI is InChI=1S/C32H25N3/c1-2-15-30-32(28-22-13-6-14-23-28)35(34-33-30)31(27-20-11-5-12-21-27)24-29(25-16-7-3-8-17-25)26-18-9-4-10-19-26/h2-14,16-23H,1,15H2. The molecule has 0 fully saturated rings. The average molecular weight is 452 g/mol. The van der Waals surface area contributed by atoms with E-state index in [0.29, 0.717) is 6.42 Å². The summed E-state index contributed by atoms with van der Waals surface area (Å²) in [7, 11) is 0. The summed E-state index contributed by atoms with van der Waals surface area (Å²) < 4.78 is 1.91. The first-order valence-corrected chi connectivity index (χ1v) is 11.6. The highest BCUT2D eigenvalue weighted by atomic mass is 15.4. The zero-order valence-electron chi connectivity index (χ0n) is 19.4. The van der Waals surface area contributed by atoms with Gasteiger partial charge in [0.05, 0.1) is 11.4 Å². The Hall–Kier alpha value is -4.72. The van der Waals surface area contributed by atoms with Crippen LogP contribution in [0.2, 0.25) is 0 Å². The molecular formula is C32H25N3. The lowest BCUT2D eigenvalue weighted by molar-refractivity contribution is 0.820. The lowest BCUT2D eigenvalue weighted by Gasteiger charge is -2.12. The summed E-state index contributed by atoms with van der Waals surface area (Å²) in [6, 6.07) is 41.2. The normalized spacial score (nSPS) is 10.4. The second-order valence-electron chi connectivity index (χ2n) is 8.10. The molecule has 4 aromatic carbocycles. The molecule has 5 rings (SSSR count). The third-order valence-corrected chi connectivity index (χ3v) is 5.75. The maximum atomic E-state index is 4.63. The van der Waals surface area contributed by atoms with Gasteiger partial charge in [-0.25, -0.2) is 4.68 Å². The quantitative estimate of drug-likeness (QED) is 0.192. The lowest BCUT2D eigenvalue weighted by atomic mass is 9.97. The van der Waals surface area contributed by atoms with Gasteiger partial charge in [0, 0.05) is 23.1 Å². The molecule has 3 nitrogen and oxygen atoms in total. The maximum Gasteiger partial charge on any atom is 0.117 e. The summed E-state index contributed by atoms with van der Waals surface area (Å²) >= 11 is 0. The summed E-state index contributed by atoms with van der Waals surface area (Å²) in [4.78, 5) is 0. The molecule has 0 atom stereocenters. The number of benzene rings is 4. The Bertz CT molecular complexity index is 1430. The van der Waals surface area contributed by atoms with Crippen molar-refractivity contribution in [1.82, 2.24) is 15.0 Å². The fourth-order valence-electron chi connectivity index (χ4n) is 4.11. The smallest absolute Gasteiger partial charge is 0.117 e. The van der Waals surface area contributed by atoms with E-state index in [9.17, 15) is 0 Å². The highest BCUT2D eigenvalue weighted by molar-refractivity contribution is 5.85. The summed E-state index contributed by atoms with van der Waals surface area (Å²) in [5.41, 5.74) is 11.6. The van der Waals surface area contributed by atoms with Crippen molar-refractivity contribution in [2.24, 2.45) is 0 Å². The van der Waals surface area contributed by atoms with Gasteiger partial charge in [-0.05, 0) is 11.1 Å². The van der Waals surface area contributed by atoms with Crippen molar-refractivity contribution < 1.29 is 0 Å². The maximum absolute atomic E-state index is 4.63. The summed E-state index contributed by atoms with van der Waals surface area (Å²) in [5.74, 6) is 0. The van der Waals surface area contributed by atoms with E-state index in [4.69, 9.17) is 0 Å². The minimum Gasteiger partial charge on any atom is -0.204 e. The minimum atomic E-state index is 0.625. The van der Waals surface area contributed by atoms with Gasteiger partial charge < -0.3 is 0 Å². The Morgan fingerprint density at radius 2 is 1.17 bits per heavy atom. The molecule has 1 aromatic heterocycles. The number of hydrogen-bond acceptors (Lipinski definition) is 2. The number of rotatable bonds is 7. The van der Waals surface area contributed by atoms with Gasteiger partial charge in [-0.1, -0.05) is 138 Å². The van der Waals surface area contributed by atoms with Gasteiger partial charge in [0.2, 0.25) is 0 Å². The predicted molar refractivity (Wildman–Crippen MR) is 144 cm³/mol. The van der Waals surface area contributed by atoms with Crippen molar-refractivity contribution in [2.75, 3.05) is 0 Å². The van der Waals surface area contributed by atoms with Crippen LogP contribution in [0.15, 0.2) is 140 Å². The Morgan fingerprint density at radius 3 is 1.69 bits per heavy atom. The van der Waals surface area contributed by atoms with Gasteiger partial charge in [0.1, 0.15) is 5.70 Å². The number of nitrogens with zero attached hydrogens (tertiary/aromatic N) is 3. The molecule has 0 N–H and O–H groups in total. The van der Waals surface area contributed by atoms with E-state index in [0.717, 1.165) is 44.9 Å². The first-order chi connectivity index (χ1) is 17.3. The van der Waals surface area contributed by atoms with Gasteiger partial charge in [-0.3, -0.25) is 0 Å². The molecule has 0 amide bonds. The fourth-order valence-corrected chi connectivity index (χ4v) is 4.11. The largest absolute Gasteiger partial charge is 0.204 e. The van der Waals surface area contributed by atoms with Gasteiger partial charge >= 0.3 is 0 Å². The van der Waals surface area contributed by atoms with E-state index in [1.165, 1.54) is 0 Å². The van der Waals surface area contributed by atoms with Gasteiger partial charge in [0.15, 0.2) is 0 Å². The number of aromatic nitrogens is 3. The van der Waals surface area contributed by atoms with Crippen LogP contribution in [0.4, 0.5) is 0 Å². The molecule has 0 radical (unpaired) electrons. The van der Waals surface area contributed by atoms with Crippen LogP contribution < -0.4 is 0 Å². The Labute approximate surface area is 206 Å². The molecule has 0 aliphatic heterocycles. The molecule has 0 unspecified atom stereocenters. The van der Waals surface area contributed by atoms with E-state index in [1.54, 1.807) is 0 Å². The molecule has 0 saturated heterocycles. The third-order valence-electron chi connectivity index (χ3n) is 5.75. The molecule has 1 heterocycles. The third kappa shape index (κ3) is 4.81. The topological polar surface area (TPSA) is 30.7 Å². The zero-order valence-corrected chi connectivity index (χ0v) is 19.4. The molecule has 0 bridgehead atoms. The van der Waals surface area contributed by atoms with Crippen molar-refractivity contribution in [3.05, 3.63) is 162 Å². The van der Waals surface area contributed by atoms with E-state index in [-0.39, 0.29) is 0 Å². The minimum absolute atomic E-state index is 0.625. The van der Waals surface area contributed by atoms with Crippen molar-refractivity contribution in [3.8, 4) is 11.3 Å². The van der Waals surface area contributed by atoms with Gasteiger partial charge in [0.25, 0.3) is 0 Å². The Balaban J connectivity index is 1.87. The first kappa shape index (κ1) is 22.1. The number of hydrogen-bond donors (Lipinski definition) is 0.